The Bertz CT molecular complexity index is 1670. The molecule has 0 fully saturated rings. The van der Waals surface area contributed by atoms with Crippen LogP contribution in [0.15, 0.2) is 100 Å². The minimum atomic E-state index is -0.615. The summed E-state index contributed by atoms with van der Waals surface area (Å²) in [6, 6.07) is 22.9. The van der Waals surface area contributed by atoms with Gasteiger partial charge in [0.25, 0.3) is 0 Å². The Morgan fingerprint density at radius 1 is 0.976 bits per heavy atom. The highest BCUT2D eigenvalue weighted by Crippen LogP contribution is 2.41. The largest absolute Gasteiger partial charge is 0.506 e. The van der Waals surface area contributed by atoms with Gasteiger partial charge in [0.2, 0.25) is 0 Å². The van der Waals surface area contributed by atoms with Crippen molar-refractivity contribution in [2.45, 2.75) is 19.9 Å². The van der Waals surface area contributed by atoms with Crippen molar-refractivity contribution >= 4 is 45.4 Å². The van der Waals surface area contributed by atoms with Gasteiger partial charge in [-0.3, -0.25) is 0 Å². The van der Waals surface area contributed by atoms with Gasteiger partial charge in [-0.15, -0.1) is 0 Å². The highest BCUT2D eigenvalue weighted by atomic mass is 32.2. The van der Waals surface area contributed by atoms with Crippen molar-refractivity contribution in [1.29, 1.82) is 0 Å². The Morgan fingerprint density at radius 2 is 1.71 bits per heavy atom. The topological polar surface area (TPSA) is 91.5 Å². The molecule has 0 radical (unpaired) electrons. The van der Waals surface area contributed by atoms with Gasteiger partial charge in [-0.2, -0.15) is 0 Å². The van der Waals surface area contributed by atoms with E-state index in [9.17, 15) is 9.90 Å². The second-order valence-corrected chi connectivity index (χ2v) is 10.3. The minimum absolute atomic E-state index is 0.0566. The standard InChI is InChI=1S/C33H32N2O6S/c1-4-40-33(37)30-31(36)29(42-32(30)34-23-14-16-24(38-2)17-15-23)20-22-21-35(26-11-6-5-10-25(22)26)18-9-19-41-28-13-8-7-12-27(28)39-3/h5-8,10-17,20-21,36H,4,9,18-19H2,1-3H3/b29-20-,34-32?. The van der Waals surface area contributed by atoms with Crippen LogP contribution in [0.3, 0.4) is 0 Å². The van der Waals surface area contributed by atoms with E-state index in [4.69, 9.17) is 18.9 Å². The molecule has 1 aliphatic heterocycles. The molecule has 0 bridgehead atoms. The van der Waals surface area contributed by atoms with Gasteiger partial charge in [-0.1, -0.05) is 42.1 Å². The molecular formula is C33H32N2O6S. The fraction of sp³-hybridized carbons (Fsp3) is 0.212. The number of rotatable bonds is 11. The smallest absolute Gasteiger partial charge is 0.344 e. The molecule has 42 heavy (non-hydrogen) atoms. The summed E-state index contributed by atoms with van der Waals surface area (Å²) >= 11 is 1.23. The zero-order valence-corrected chi connectivity index (χ0v) is 24.5. The molecule has 0 saturated carbocycles. The second-order valence-electron chi connectivity index (χ2n) is 9.32. The van der Waals surface area contributed by atoms with Gasteiger partial charge >= 0.3 is 5.97 Å². The van der Waals surface area contributed by atoms with E-state index in [-0.39, 0.29) is 17.9 Å². The first-order valence-corrected chi connectivity index (χ1v) is 14.4. The normalized spacial score (nSPS) is 15.0. The number of hydrogen-bond acceptors (Lipinski definition) is 8. The van der Waals surface area contributed by atoms with Crippen LogP contribution in [0.25, 0.3) is 17.0 Å². The van der Waals surface area contributed by atoms with Crippen molar-refractivity contribution < 1.29 is 28.8 Å². The van der Waals surface area contributed by atoms with Crippen LogP contribution < -0.4 is 14.2 Å². The SMILES string of the molecule is CCOC(=O)C1=C(O)/C(=C/c2cn(CCCOc3ccccc3OC)c3ccccc23)SC1=Nc1ccc(OC)cc1. The number of aromatic nitrogens is 1. The maximum Gasteiger partial charge on any atom is 0.344 e. The number of thioether (sulfide) groups is 1. The number of nitrogens with zero attached hydrogens (tertiary/aromatic N) is 2. The lowest BCUT2D eigenvalue weighted by atomic mass is 10.1. The number of hydrogen-bond donors (Lipinski definition) is 1. The molecule has 3 aromatic carbocycles. The monoisotopic (exact) mass is 584 g/mol. The van der Waals surface area contributed by atoms with E-state index in [1.807, 2.05) is 48.5 Å². The summed E-state index contributed by atoms with van der Waals surface area (Å²) in [6.07, 6.45) is 4.72. The number of aliphatic hydroxyl groups excluding tert-OH is 1. The summed E-state index contributed by atoms with van der Waals surface area (Å²) in [4.78, 5) is 18.0. The van der Waals surface area contributed by atoms with Crippen LogP contribution in [0.4, 0.5) is 5.69 Å². The molecule has 0 atom stereocenters. The number of para-hydroxylation sites is 3. The number of ether oxygens (including phenoxy) is 4. The molecule has 0 unspecified atom stereocenters. The summed E-state index contributed by atoms with van der Waals surface area (Å²) in [6.45, 7) is 3.16. The Balaban J connectivity index is 1.41. The lowest BCUT2D eigenvalue weighted by Gasteiger charge is -2.11. The minimum Gasteiger partial charge on any atom is -0.506 e. The van der Waals surface area contributed by atoms with Crippen LogP contribution in [0.5, 0.6) is 17.2 Å². The maximum atomic E-state index is 12.9. The zero-order chi connectivity index (χ0) is 29.5. The molecule has 1 aromatic heterocycles. The molecule has 0 saturated heterocycles. The quantitative estimate of drug-likeness (QED) is 0.146. The zero-order valence-electron chi connectivity index (χ0n) is 23.7. The van der Waals surface area contributed by atoms with E-state index in [1.165, 1.54) is 11.8 Å². The van der Waals surface area contributed by atoms with Crippen molar-refractivity contribution in [2.24, 2.45) is 4.99 Å². The van der Waals surface area contributed by atoms with E-state index in [2.05, 4.69) is 21.8 Å². The molecule has 216 valence electrons. The molecule has 1 N–H and O–H groups in total. The molecule has 1 aliphatic rings. The van der Waals surface area contributed by atoms with Crippen molar-refractivity contribution in [3.8, 4) is 17.2 Å². The number of methoxy groups -OCH3 is 2. The van der Waals surface area contributed by atoms with Crippen LogP contribution in [0.1, 0.15) is 18.9 Å². The van der Waals surface area contributed by atoms with E-state index in [0.717, 1.165) is 29.4 Å². The predicted octanol–water partition coefficient (Wildman–Crippen LogP) is 7.32. The summed E-state index contributed by atoms with van der Waals surface area (Å²) in [7, 11) is 3.22. The third-order valence-corrected chi connectivity index (χ3v) is 7.67. The number of benzene rings is 3. The van der Waals surface area contributed by atoms with Gasteiger partial charge < -0.3 is 28.6 Å². The first-order chi connectivity index (χ1) is 20.5. The summed E-state index contributed by atoms with van der Waals surface area (Å²) in [5.41, 5.74) is 2.66. The van der Waals surface area contributed by atoms with Crippen molar-refractivity contribution in [3.63, 3.8) is 0 Å². The van der Waals surface area contributed by atoms with Gasteiger partial charge in [-0.25, -0.2) is 9.79 Å². The predicted molar refractivity (Wildman–Crippen MR) is 167 cm³/mol. The second kappa shape index (κ2) is 13.4. The highest BCUT2D eigenvalue weighted by molar-refractivity contribution is 8.18. The van der Waals surface area contributed by atoms with E-state index < -0.39 is 5.97 Å². The number of carbonyl (C=O) groups excluding carboxylic acids is 1. The Kier molecular flexibility index (Phi) is 9.18. The molecule has 5 rings (SSSR count). The summed E-state index contributed by atoms with van der Waals surface area (Å²) in [5.74, 6) is 1.36. The molecule has 0 aliphatic carbocycles. The molecular weight excluding hydrogens is 552 g/mol. The number of esters is 1. The molecule has 0 amide bonds. The molecule has 2 heterocycles. The van der Waals surface area contributed by atoms with Crippen molar-refractivity contribution in [2.75, 3.05) is 27.4 Å². The van der Waals surface area contributed by atoms with Crippen molar-refractivity contribution in [1.82, 2.24) is 4.57 Å². The van der Waals surface area contributed by atoms with Gasteiger partial charge in [0.1, 0.15) is 22.1 Å². The van der Waals surface area contributed by atoms with Crippen LogP contribution in [-0.4, -0.2) is 48.1 Å². The lowest BCUT2D eigenvalue weighted by Crippen LogP contribution is -2.12. The Morgan fingerprint density at radius 3 is 2.45 bits per heavy atom. The molecule has 9 heteroatoms. The maximum absolute atomic E-state index is 12.9. The molecule has 8 nitrogen and oxygen atoms in total. The van der Waals surface area contributed by atoms with Gasteiger partial charge in [0.05, 0.1) is 38.0 Å². The molecule has 0 spiro atoms. The van der Waals surface area contributed by atoms with Crippen molar-refractivity contribution in [3.05, 3.63) is 101 Å². The highest BCUT2D eigenvalue weighted by Gasteiger charge is 2.33. The van der Waals surface area contributed by atoms with Crippen LogP contribution in [0, 0.1) is 0 Å². The van der Waals surface area contributed by atoms with E-state index in [1.54, 1.807) is 45.4 Å². The molecule has 4 aromatic rings. The lowest BCUT2D eigenvalue weighted by molar-refractivity contribution is -0.138. The fourth-order valence-electron chi connectivity index (χ4n) is 4.64. The average molecular weight is 585 g/mol. The third kappa shape index (κ3) is 6.31. The number of aliphatic hydroxyl groups is 1. The summed E-state index contributed by atoms with van der Waals surface area (Å²) in [5, 5.41) is 12.6. The first kappa shape index (κ1) is 28.9. The van der Waals surface area contributed by atoms with Crippen LogP contribution in [-0.2, 0) is 16.1 Å². The van der Waals surface area contributed by atoms with E-state index in [0.29, 0.717) is 39.5 Å². The van der Waals surface area contributed by atoms with Gasteiger partial charge in [0.15, 0.2) is 11.5 Å². The first-order valence-electron chi connectivity index (χ1n) is 13.6. The van der Waals surface area contributed by atoms with Crippen LogP contribution in [0.2, 0.25) is 0 Å². The third-order valence-electron chi connectivity index (χ3n) is 6.65. The summed E-state index contributed by atoms with van der Waals surface area (Å²) < 4.78 is 24.0. The number of aliphatic imine (C=N–C) groups is 1. The van der Waals surface area contributed by atoms with Gasteiger partial charge in [-0.05, 0) is 61.9 Å². The Labute approximate surface area is 248 Å². The number of fused-ring (bicyclic) bond motifs is 1. The van der Waals surface area contributed by atoms with Crippen LogP contribution >= 0.6 is 11.8 Å². The van der Waals surface area contributed by atoms with Gasteiger partial charge in [0, 0.05) is 29.2 Å². The number of carbonyl (C=O) groups is 1. The average Bonchev–Trinajstić information content (AvgIpc) is 3.52. The fourth-order valence-corrected chi connectivity index (χ4v) is 5.66. The van der Waals surface area contributed by atoms with E-state index >= 15 is 0 Å². The Hall–Kier alpha value is -4.63. The number of aryl methyl sites for hydroxylation is 1.